The minimum Gasteiger partial charge on any atom is -0.496 e. The van der Waals surface area contributed by atoms with Crippen LogP contribution in [0.25, 0.3) is 11.1 Å². The first kappa shape index (κ1) is 13.2. The molecule has 0 saturated heterocycles. The Morgan fingerprint density at radius 2 is 1.89 bits per heavy atom. The number of aromatic amines is 1. The summed E-state index contributed by atoms with van der Waals surface area (Å²) >= 11 is 0. The van der Waals surface area contributed by atoms with Gasteiger partial charge in [0.15, 0.2) is 0 Å². The highest BCUT2D eigenvalue weighted by atomic mass is 19.4. The van der Waals surface area contributed by atoms with Crippen LogP contribution in [0.3, 0.4) is 0 Å². The predicted octanol–water partition coefficient (Wildman–Crippen LogP) is 3.07. The highest BCUT2D eigenvalue weighted by molar-refractivity contribution is 5.70. The number of H-pyrrole nitrogens is 1. The molecule has 0 fully saturated rings. The summed E-state index contributed by atoms with van der Waals surface area (Å²) in [5.41, 5.74) is -1.06. The Labute approximate surface area is 106 Å². The second kappa shape index (κ2) is 4.79. The molecule has 6 heteroatoms. The highest BCUT2D eigenvalue weighted by Crippen LogP contribution is 2.35. The van der Waals surface area contributed by atoms with Gasteiger partial charge in [-0.2, -0.15) is 13.2 Å². The van der Waals surface area contributed by atoms with Crippen molar-refractivity contribution in [2.45, 2.75) is 6.18 Å². The van der Waals surface area contributed by atoms with Crippen LogP contribution < -0.4 is 10.3 Å². The van der Waals surface area contributed by atoms with Crippen LogP contribution in [0.2, 0.25) is 0 Å². The van der Waals surface area contributed by atoms with Gasteiger partial charge in [-0.3, -0.25) is 4.79 Å². The SMILES string of the molecule is COc1ccc(C(F)(F)F)cc1-c1ccc[nH]c1=O. The number of alkyl halides is 3. The fraction of sp³-hybridized carbons (Fsp3) is 0.154. The van der Waals surface area contributed by atoms with Crippen molar-refractivity contribution in [2.24, 2.45) is 0 Å². The van der Waals surface area contributed by atoms with Gasteiger partial charge in [0.2, 0.25) is 0 Å². The molecule has 100 valence electrons. The molecular weight excluding hydrogens is 259 g/mol. The molecule has 1 aromatic heterocycles. The fourth-order valence-corrected chi connectivity index (χ4v) is 1.73. The van der Waals surface area contributed by atoms with Gasteiger partial charge in [-0.05, 0) is 30.3 Å². The van der Waals surface area contributed by atoms with Gasteiger partial charge in [0.1, 0.15) is 5.75 Å². The van der Waals surface area contributed by atoms with E-state index in [1.807, 2.05) is 0 Å². The number of halogens is 3. The number of nitrogens with one attached hydrogen (secondary N) is 1. The molecule has 2 rings (SSSR count). The molecule has 0 amide bonds. The van der Waals surface area contributed by atoms with Crippen LogP contribution in [0, 0.1) is 0 Å². The van der Waals surface area contributed by atoms with E-state index in [0.717, 1.165) is 12.1 Å². The zero-order valence-electron chi connectivity index (χ0n) is 9.91. The van der Waals surface area contributed by atoms with E-state index in [4.69, 9.17) is 4.74 Å². The summed E-state index contributed by atoms with van der Waals surface area (Å²) in [4.78, 5) is 14.1. The molecule has 0 bridgehead atoms. The van der Waals surface area contributed by atoms with Crippen LogP contribution in [0.5, 0.6) is 5.75 Å². The lowest BCUT2D eigenvalue weighted by Gasteiger charge is -2.12. The monoisotopic (exact) mass is 269 g/mol. The van der Waals surface area contributed by atoms with Gasteiger partial charge in [-0.1, -0.05) is 0 Å². The molecule has 0 saturated carbocycles. The lowest BCUT2D eigenvalue weighted by atomic mass is 10.0. The second-order valence-corrected chi connectivity index (χ2v) is 3.83. The Bertz CT molecular complexity index is 647. The lowest BCUT2D eigenvalue weighted by Crippen LogP contribution is -2.10. The van der Waals surface area contributed by atoms with Crippen molar-refractivity contribution in [3.63, 3.8) is 0 Å². The zero-order valence-corrected chi connectivity index (χ0v) is 9.91. The first-order chi connectivity index (χ1) is 8.93. The van der Waals surface area contributed by atoms with Crippen molar-refractivity contribution in [3.8, 4) is 16.9 Å². The van der Waals surface area contributed by atoms with Crippen molar-refractivity contribution < 1.29 is 17.9 Å². The third-order valence-corrected chi connectivity index (χ3v) is 2.64. The number of rotatable bonds is 2. The van der Waals surface area contributed by atoms with Crippen LogP contribution in [-0.2, 0) is 6.18 Å². The van der Waals surface area contributed by atoms with Crippen molar-refractivity contribution >= 4 is 0 Å². The molecule has 0 unspecified atom stereocenters. The van der Waals surface area contributed by atoms with Crippen LogP contribution in [0.4, 0.5) is 13.2 Å². The second-order valence-electron chi connectivity index (χ2n) is 3.83. The summed E-state index contributed by atoms with van der Waals surface area (Å²) in [6.07, 6.45) is -3.06. The molecule has 0 atom stereocenters. The maximum absolute atomic E-state index is 12.7. The van der Waals surface area contributed by atoms with Crippen LogP contribution in [0.15, 0.2) is 41.3 Å². The summed E-state index contributed by atoms with van der Waals surface area (Å²) in [6.45, 7) is 0. The molecule has 0 spiro atoms. The molecule has 0 radical (unpaired) electrons. The molecule has 1 aromatic carbocycles. The largest absolute Gasteiger partial charge is 0.496 e. The summed E-state index contributed by atoms with van der Waals surface area (Å²) in [5, 5.41) is 0. The number of pyridine rings is 1. The van der Waals surface area contributed by atoms with Gasteiger partial charge in [0.25, 0.3) is 5.56 Å². The standard InChI is InChI=1S/C13H10F3NO2/c1-19-11-5-4-8(13(14,15)16)7-10(11)9-3-2-6-17-12(9)18/h2-7H,1H3,(H,17,18). The van der Waals surface area contributed by atoms with Crippen LogP contribution in [0.1, 0.15) is 5.56 Å². The first-order valence-electron chi connectivity index (χ1n) is 5.37. The summed E-state index contributed by atoms with van der Waals surface area (Å²) in [7, 11) is 1.34. The average Bonchev–Trinajstić information content (AvgIpc) is 2.37. The smallest absolute Gasteiger partial charge is 0.416 e. The molecule has 0 aliphatic rings. The third-order valence-electron chi connectivity index (χ3n) is 2.64. The molecule has 0 aliphatic heterocycles. The molecule has 3 nitrogen and oxygen atoms in total. The third kappa shape index (κ3) is 2.62. The van der Waals surface area contributed by atoms with E-state index in [-0.39, 0.29) is 16.9 Å². The fourth-order valence-electron chi connectivity index (χ4n) is 1.73. The molecule has 1 N–H and O–H groups in total. The minimum atomic E-state index is -4.47. The predicted molar refractivity (Wildman–Crippen MR) is 64.1 cm³/mol. The molecule has 19 heavy (non-hydrogen) atoms. The first-order valence-corrected chi connectivity index (χ1v) is 5.37. The van der Waals surface area contributed by atoms with Gasteiger partial charge in [-0.15, -0.1) is 0 Å². The molecular formula is C13H10F3NO2. The average molecular weight is 269 g/mol. The van der Waals surface area contributed by atoms with E-state index < -0.39 is 17.3 Å². The van der Waals surface area contributed by atoms with Gasteiger partial charge in [0.05, 0.1) is 18.2 Å². The topological polar surface area (TPSA) is 42.1 Å². The summed E-state index contributed by atoms with van der Waals surface area (Å²) < 4.78 is 43.1. The number of hydrogen-bond donors (Lipinski definition) is 1. The number of hydrogen-bond acceptors (Lipinski definition) is 2. The van der Waals surface area contributed by atoms with E-state index in [2.05, 4.69) is 4.98 Å². The van der Waals surface area contributed by atoms with E-state index in [0.29, 0.717) is 0 Å². The van der Waals surface area contributed by atoms with E-state index in [1.165, 1.54) is 31.5 Å². The number of benzene rings is 1. The summed E-state index contributed by atoms with van der Waals surface area (Å²) in [5.74, 6) is 0.213. The van der Waals surface area contributed by atoms with E-state index in [9.17, 15) is 18.0 Å². The molecule has 0 aliphatic carbocycles. The molecule has 2 aromatic rings. The Kier molecular flexibility index (Phi) is 3.33. The van der Waals surface area contributed by atoms with Gasteiger partial charge in [0, 0.05) is 11.8 Å². The maximum Gasteiger partial charge on any atom is 0.416 e. The number of methoxy groups -OCH3 is 1. The van der Waals surface area contributed by atoms with Crippen molar-refractivity contribution in [2.75, 3.05) is 7.11 Å². The lowest BCUT2D eigenvalue weighted by molar-refractivity contribution is -0.137. The van der Waals surface area contributed by atoms with Crippen molar-refractivity contribution in [1.82, 2.24) is 4.98 Å². The highest BCUT2D eigenvalue weighted by Gasteiger charge is 2.31. The van der Waals surface area contributed by atoms with Crippen molar-refractivity contribution in [3.05, 3.63) is 52.4 Å². The molecule has 1 heterocycles. The number of ether oxygens (including phenoxy) is 1. The normalized spacial score (nSPS) is 11.4. The van der Waals surface area contributed by atoms with Gasteiger partial charge in [-0.25, -0.2) is 0 Å². The minimum absolute atomic E-state index is 0.110. The zero-order chi connectivity index (χ0) is 14.0. The van der Waals surface area contributed by atoms with Crippen LogP contribution >= 0.6 is 0 Å². The van der Waals surface area contributed by atoms with Crippen LogP contribution in [-0.4, -0.2) is 12.1 Å². The quantitative estimate of drug-likeness (QED) is 0.910. The van der Waals surface area contributed by atoms with E-state index in [1.54, 1.807) is 0 Å². The Hall–Kier alpha value is -2.24. The van der Waals surface area contributed by atoms with Gasteiger partial charge >= 0.3 is 6.18 Å². The number of aromatic nitrogens is 1. The Balaban J connectivity index is 2.67. The Morgan fingerprint density at radius 3 is 2.47 bits per heavy atom. The van der Waals surface area contributed by atoms with Gasteiger partial charge < -0.3 is 9.72 Å². The Morgan fingerprint density at radius 1 is 1.16 bits per heavy atom. The van der Waals surface area contributed by atoms with E-state index >= 15 is 0 Å². The van der Waals surface area contributed by atoms with Crippen molar-refractivity contribution in [1.29, 1.82) is 0 Å². The maximum atomic E-state index is 12.7. The summed E-state index contributed by atoms with van der Waals surface area (Å²) in [6, 6.07) is 6.00.